The number of benzene rings is 1. The number of primary amides is 1. The lowest BCUT2D eigenvalue weighted by Gasteiger charge is -2.39. The van der Waals surface area contributed by atoms with Crippen LogP contribution < -0.4 is 43.0 Å². The molecule has 88 heavy (non-hydrogen) atoms. The van der Waals surface area contributed by atoms with Gasteiger partial charge in [0, 0.05) is 35.9 Å². The summed E-state index contributed by atoms with van der Waals surface area (Å²) in [6.45, 7) is 40.5. The Kier molecular flexibility index (Phi) is 28.1. The van der Waals surface area contributed by atoms with Crippen LogP contribution >= 0.6 is 11.8 Å². The third-order valence-corrected chi connectivity index (χ3v) is 15.2. The van der Waals surface area contributed by atoms with E-state index in [0.717, 1.165) is 5.56 Å². The van der Waals surface area contributed by atoms with Gasteiger partial charge in [-0.25, -0.2) is 4.79 Å². The summed E-state index contributed by atoms with van der Waals surface area (Å²) in [5, 5.41) is 13.8. The summed E-state index contributed by atoms with van der Waals surface area (Å²) in [4.78, 5) is 142. The van der Waals surface area contributed by atoms with E-state index in [1.54, 1.807) is 125 Å². The van der Waals surface area contributed by atoms with E-state index in [0.29, 0.717) is 24.1 Å². The lowest BCUT2D eigenvalue weighted by molar-refractivity contribution is -0.156. The third kappa shape index (κ3) is 26.6. The number of nitrogens with one attached hydrogen (secondary N) is 5. The molecule has 0 aliphatic carbocycles. The molecule has 7 atom stereocenters. The van der Waals surface area contributed by atoms with Gasteiger partial charge in [0.05, 0.1) is 35.6 Å². The molecule has 1 heterocycles. The Hall–Kier alpha value is -6.01. The minimum Gasteiger partial charge on any atom is -0.460 e. The number of aryl methyl sites for hydroxylation is 1. The third-order valence-electron chi connectivity index (χ3n) is 13.7. The van der Waals surface area contributed by atoms with Crippen LogP contribution in [0.1, 0.15) is 215 Å². The second-order valence-corrected chi connectivity index (χ2v) is 31.7. The molecule has 9 N–H and O–H groups in total. The van der Waals surface area contributed by atoms with Gasteiger partial charge in [0.25, 0.3) is 0 Å². The van der Waals surface area contributed by atoms with Crippen LogP contribution in [0.5, 0.6) is 0 Å². The summed E-state index contributed by atoms with van der Waals surface area (Å²) in [6, 6.07) is -1.98. The summed E-state index contributed by atoms with van der Waals surface area (Å²) in [5.41, 5.74) is 10.2. The summed E-state index contributed by atoms with van der Waals surface area (Å²) < 4.78 is 21.5. The SMILES string of the molecule is Cc1ccc(C(C)(C)C)cc1N(C(=O)CNC(=O)C1N(C(=O)[C@@H](CC(C)C)NC(=O)[C@@H](NC(=O)[C@@H](N)CC(=O)OC(C)(C)C)C(C)OC(C)(C)C)C(C)(C)SC1(C)C)[C@@H](CCC(=O)OC(C)(C)C)CC(=O)N[C@H](CCCCNC(=O)OC(C)(C)C)C(N)=O. The minimum atomic E-state index is -1.42. The first kappa shape index (κ1) is 78.1. The number of nitrogens with two attached hydrogens (primary N) is 2. The second-order valence-electron chi connectivity index (χ2n) is 29.4. The second kappa shape index (κ2) is 31.6. The largest absolute Gasteiger partial charge is 0.460 e. The van der Waals surface area contributed by atoms with Gasteiger partial charge in [0.1, 0.15) is 41.0 Å². The van der Waals surface area contributed by atoms with Gasteiger partial charge in [0.15, 0.2) is 0 Å². The number of carbonyl (C=O) groups is 10. The first-order chi connectivity index (χ1) is 39.8. The Morgan fingerprint density at radius 1 is 0.693 bits per heavy atom. The van der Waals surface area contributed by atoms with Gasteiger partial charge < -0.3 is 66.8 Å². The minimum absolute atomic E-state index is 0.0934. The van der Waals surface area contributed by atoms with E-state index < -0.39 is 159 Å². The van der Waals surface area contributed by atoms with Crippen LogP contribution in [-0.2, 0) is 67.5 Å². The number of unbranched alkanes of at least 4 members (excludes halogenated alkanes) is 1. The van der Waals surface area contributed by atoms with Crippen molar-refractivity contribution in [3.63, 3.8) is 0 Å². The van der Waals surface area contributed by atoms with Crippen molar-refractivity contribution < 1.29 is 66.9 Å². The number of carbonyl (C=O) groups excluding carboxylic acids is 10. The predicted octanol–water partition coefficient (Wildman–Crippen LogP) is 7.02. The van der Waals surface area contributed by atoms with Gasteiger partial charge in [-0.3, -0.25) is 43.2 Å². The van der Waals surface area contributed by atoms with Crippen molar-refractivity contribution in [3.05, 3.63) is 29.3 Å². The fraction of sp³-hybridized carbons (Fsp3) is 0.750. The highest BCUT2D eigenvalue weighted by molar-refractivity contribution is 8.02. The summed E-state index contributed by atoms with van der Waals surface area (Å²) >= 11 is 1.34. The highest BCUT2D eigenvalue weighted by Crippen LogP contribution is 2.51. The summed E-state index contributed by atoms with van der Waals surface area (Å²) in [6.07, 6.45) is -1.83. The van der Waals surface area contributed by atoms with Crippen molar-refractivity contribution in [2.24, 2.45) is 17.4 Å². The lowest BCUT2D eigenvalue weighted by atomic mass is 9.86. The number of hydrogen-bond acceptors (Lipinski definition) is 16. The Morgan fingerprint density at radius 2 is 1.26 bits per heavy atom. The number of amides is 8. The highest BCUT2D eigenvalue weighted by Gasteiger charge is 2.58. The van der Waals surface area contributed by atoms with Crippen molar-refractivity contribution in [3.8, 4) is 0 Å². The van der Waals surface area contributed by atoms with Crippen LogP contribution in [0, 0.1) is 12.8 Å². The lowest BCUT2D eigenvalue weighted by Crippen LogP contribution is -2.64. The molecule has 0 saturated carbocycles. The summed E-state index contributed by atoms with van der Waals surface area (Å²) in [7, 11) is 0. The molecular weight excluding hydrogens is 1150 g/mol. The first-order valence-electron chi connectivity index (χ1n) is 30.6. The van der Waals surface area contributed by atoms with Crippen LogP contribution in [0.15, 0.2) is 18.2 Å². The van der Waals surface area contributed by atoms with Crippen molar-refractivity contribution in [2.75, 3.05) is 18.0 Å². The molecule has 2 rings (SSSR count). The van der Waals surface area contributed by atoms with E-state index in [-0.39, 0.29) is 38.1 Å². The van der Waals surface area contributed by atoms with Gasteiger partial charge in [0.2, 0.25) is 41.4 Å². The quantitative estimate of drug-likeness (QED) is 0.0252. The zero-order valence-electron chi connectivity index (χ0n) is 57.1. The Labute approximate surface area is 528 Å². The fourth-order valence-corrected chi connectivity index (χ4v) is 12.1. The van der Waals surface area contributed by atoms with Crippen molar-refractivity contribution >= 4 is 76.8 Å². The smallest absolute Gasteiger partial charge is 0.407 e. The van der Waals surface area contributed by atoms with Crippen molar-refractivity contribution in [2.45, 2.75) is 290 Å². The topological polar surface area (TPSA) is 326 Å². The molecule has 0 aromatic heterocycles. The molecule has 1 fully saturated rings. The van der Waals surface area contributed by atoms with E-state index >= 15 is 14.4 Å². The fourth-order valence-electron chi connectivity index (χ4n) is 10.2. The van der Waals surface area contributed by atoms with Crippen molar-refractivity contribution in [1.82, 2.24) is 31.5 Å². The van der Waals surface area contributed by atoms with Gasteiger partial charge >= 0.3 is 18.0 Å². The molecule has 500 valence electrons. The molecule has 24 heteroatoms. The average molecular weight is 1260 g/mol. The number of hydrogen-bond donors (Lipinski definition) is 7. The molecule has 1 aromatic rings. The number of ether oxygens (including phenoxy) is 4. The number of nitrogens with zero attached hydrogens (tertiary/aromatic N) is 2. The molecule has 1 aliphatic rings. The van der Waals surface area contributed by atoms with Gasteiger partial charge in [-0.15, -0.1) is 11.8 Å². The normalized spacial score (nSPS) is 17.2. The molecule has 2 unspecified atom stereocenters. The molecule has 1 saturated heterocycles. The molecule has 8 amide bonds. The zero-order valence-corrected chi connectivity index (χ0v) is 57.9. The molecule has 0 radical (unpaired) electrons. The van der Waals surface area contributed by atoms with Crippen LogP contribution in [-0.4, -0.2) is 152 Å². The van der Waals surface area contributed by atoms with E-state index in [9.17, 15) is 33.6 Å². The van der Waals surface area contributed by atoms with E-state index in [1.807, 2.05) is 52.8 Å². The van der Waals surface area contributed by atoms with Crippen LogP contribution in [0.2, 0.25) is 0 Å². The Bertz CT molecular complexity index is 2630. The molecular formula is C64H109N9O14S. The number of esters is 2. The maximum Gasteiger partial charge on any atom is 0.407 e. The first-order valence-corrected chi connectivity index (χ1v) is 31.4. The van der Waals surface area contributed by atoms with E-state index in [4.69, 9.17) is 30.4 Å². The maximum absolute atomic E-state index is 15.4. The Balaban J connectivity index is 2.71. The maximum atomic E-state index is 15.4. The van der Waals surface area contributed by atoms with Gasteiger partial charge in [-0.2, -0.15) is 0 Å². The monoisotopic (exact) mass is 1260 g/mol. The number of anilines is 1. The van der Waals surface area contributed by atoms with E-state index in [1.165, 1.54) is 21.6 Å². The molecule has 0 spiro atoms. The molecule has 0 bridgehead atoms. The van der Waals surface area contributed by atoms with Gasteiger partial charge in [-0.05, 0) is 185 Å². The molecule has 23 nitrogen and oxygen atoms in total. The van der Waals surface area contributed by atoms with Crippen LogP contribution in [0.3, 0.4) is 0 Å². The van der Waals surface area contributed by atoms with Crippen LogP contribution in [0.4, 0.5) is 10.5 Å². The molecule has 1 aliphatic heterocycles. The summed E-state index contributed by atoms with van der Waals surface area (Å²) in [5.74, 6) is -6.61. The number of thioether (sulfide) groups is 1. The molecule has 1 aromatic carbocycles. The van der Waals surface area contributed by atoms with Gasteiger partial charge in [-0.1, -0.05) is 46.8 Å². The van der Waals surface area contributed by atoms with E-state index in [2.05, 4.69) is 26.6 Å². The Morgan fingerprint density at radius 3 is 1.78 bits per heavy atom. The standard InChI is InChI=1S/C64H109N9O14S/c1-37(2)32-44(70-54(80)50(39(4)84-59(8,9)10)71-53(79)42(65)35-49(77)86-61(14,15)16)56(82)73-51(63(20,21)88-64(73,22)23)55(81)68-36-47(75)72(45-33-40(58(5,6)7)28-27-38(45)3)41(29-30-48(76)85-60(11,12)13)34-46(74)69-43(52(66)78)26-24-25-31-67-57(83)87-62(17,18)19/h27-28,33,37,39,41-44,50-51H,24-26,29-32,34-36,65H2,1-23H3,(H2,66,78)(H,67,83)(H,68,81)(H,69,74)(H,70,80)(H,71,79)/t39?,41-,42-,43+,44+,50-,51?/m0/s1. The zero-order chi connectivity index (χ0) is 68.0. The highest BCUT2D eigenvalue weighted by atomic mass is 32.2. The predicted molar refractivity (Wildman–Crippen MR) is 342 cm³/mol. The van der Waals surface area contributed by atoms with Crippen LogP contribution in [0.25, 0.3) is 0 Å². The number of alkyl carbamates (subject to hydrolysis) is 1. The average Bonchev–Trinajstić information content (AvgIpc) is 1.62. The number of rotatable bonds is 28. The van der Waals surface area contributed by atoms with Crippen molar-refractivity contribution in [1.29, 1.82) is 0 Å².